The minimum atomic E-state index is -0.347. The van der Waals surface area contributed by atoms with Crippen LogP contribution >= 0.6 is 11.3 Å². The molecule has 4 rings (SSSR count). The molecular formula is C21H23N3O3S. The molecule has 7 heteroatoms. The summed E-state index contributed by atoms with van der Waals surface area (Å²) in [4.78, 5) is 30.9. The van der Waals surface area contributed by atoms with Gasteiger partial charge in [0.25, 0.3) is 0 Å². The fraction of sp³-hybridized carbons (Fsp3) is 0.381. The highest BCUT2D eigenvalue weighted by molar-refractivity contribution is 7.17. The van der Waals surface area contributed by atoms with Crippen LogP contribution in [0.1, 0.15) is 51.8 Å². The molecule has 0 unspecified atom stereocenters. The molecule has 6 nitrogen and oxygen atoms in total. The number of hydrogen-bond donors (Lipinski definition) is 1. The van der Waals surface area contributed by atoms with E-state index >= 15 is 0 Å². The van der Waals surface area contributed by atoms with Crippen LogP contribution < -0.4 is 5.32 Å². The van der Waals surface area contributed by atoms with Gasteiger partial charge in [-0.3, -0.25) is 4.79 Å². The molecule has 3 aromatic rings. The number of nitrogens with one attached hydrogen (secondary N) is 1. The average Bonchev–Trinajstić information content (AvgIpc) is 3.21. The Balaban J connectivity index is 1.56. The number of fused-ring (bicyclic) bond motifs is 2. The molecule has 3 aromatic heterocycles. The van der Waals surface area contributed by atoms with E-state index < -0.39 is 0 Å². The largest absolute Gasteiger partial charge is 0.462 e. The quantitative estimate of drug-likeness (QED) is 0.662. The summed E-state index contributed by atoms with van der Waals surface area (Å²) in [6.07, 6.45) is 7.95. The second-order valence-corrected chi connectivity index (χ2v) is 8.17. The van der Waals surface area contributed by atoms with Gasteiger partial charge in [-0.1, -0.05) is 0 Å². The fourth-order valence-electron chi connectivity index (χ4n) is 3.63. The van der Waals surface area contributed by atoms with Crippen molar-refractivity contribution in [2.45, 2.75) is 46.0 Å². The number of thiophene rings is 1. The van der Waals surface area contributed by atoms with Gasteiger partial charge in [0.2, 0.25) is 5.91 Å². The van der Waals surface area contributed by atoms with Crippen LogP contribution in [-0.4, -0.2) is 27.9 Å². The molecule has 1 aliphatic rings. The number of nitrogens with zero attached hydrogens (tertiary/aromatic N) is 2. The van der Waals surface area contributed by atoms with Crippen molar-refractivity contribution in [2.75, 3.05) is 11.9 Å². The summed E-state index contributed by atoms with van der Waals surface area (Å²) in [6.45, 7) is 4.12. The number of carbonyl (C=O) groups excluding carboxylic acids is 2. The van der Waals surface area contributed by atoms with E-state index in [2.05, 4.69) is 10.3 Å². The predicted molar refractivity (Wildman–Crippen MR) is 109 cm³/mol. The standard InChI is InChI=1S/C21H23N3O3S/c1-3-27-21(26)19-15-6-4-5-7-16(15)28-20(19)23-18(25)11-14-12-24-9-8-13(2)10-17(24)22-14/h8-10,12H,3-7,11H2,1-2H3,(H,23,25). The molecule has 0 saturated carbocycles. The molecule has 0 aromatic carbocycles. The molecule has 0 saturated heterocycles. The lowest BCUT2D eigenvalue weighted by atomic mass is 9.95. The van der Waals surface area contributed by atoms with Crippen molar-refractivity contribution in [3.63, 3.8) is 0 Å². The number of imidazole rings is 1. The SMILES string of the molecule is CCOC(=O)c1c(NC(=O)Cc2cn3ccc(C)cc3n2)sc2c1CCCC2. The van der Waals surface area contributed by atoms with Crippen molar-refractivity contribution < 1.29 is 14.3 Å². The molecule has 0 fully saturated rings. The van der Waals surface area contributed by atoms with Crippen LogP contribution in [0, 0.1) is 6.92 Å². The highest BCUT2D eigenvalue weighted by Crippen LogP contribution is 2.38. The van der Waals surface area contributed by atoms with Crippen LogP contribution in [0.2, 0.25) is 0 Å². The van der Waals surface area contributed by atoms with Crippen LogP contribution in [0.5, 0.6) is 0 Å². The van der Waals surface area contributed by atoms with Crippen molar-refractivity contribution in [3.05, 3.63) is 51.8 Å². The number of ether oxygens (including phenoxy) is 1. The normalized spacial score (nSPS) is 13.4. The van der Waals surface area contributed by atoms with E-state index in [0.29, 0.717) is 22.9 Å². The van der Waals surface area contributed by atoms with Crippen LogP contribution in [0.25, 0.3) is 5.65 Å². The molecule has 0 spiro atoms. The van der Waals surface area contributed by atoms with Gasteiger partial charge in [-0.05, 0) is 62.8 Å². The Morgan fingerprint density at radius 3 is 2.96 bits per heavy atom. The summed E-state index contributed by atoms with van der Waals surface area (Å²) in [6, 6.07) is 3.98. The summed E-state index contributed by atoms with van der Waals surface area (Å²) < 4.78 is 7.15. The maximum absolute atomic E-state index is 12.7. The van der Waals surface area contributed by atoms with Crippen molar-refractivity contribution in [2.24, 2.45) is 0 Å². The van der Waals surface area contributed by atoms with E-state index in [1.54, 1.807) is 6.92 Å². The van der Waals surface area contributed by atoms with Crippen LogP contribution in [-0.2, 0) is 28.8 Å². The van der Waals surface area contributed by atoms with Crippen LogP contribution in [0.15, 0.2) is 24.5 Å². The Hall–Kier alpha value is -2.67. The van der Waals surface area contributed by atoms with E-state index in [9.17, 15) is 9.59 Å². The Morgan fingerprint density at radius 2 is 2.14 bits per heavy atom. The van der Waals surface area contributed by atoms with E-state index in [4.69, 9.17) is 4.74 Å². The van der Waals surface area contributed by atoms with Gasteiger partial charge in [0.15, 0.2) is 0 Å². The van der Waals surface area contributed by atoms with E-state index in [0.717, 1.165) is 42.5 Å². The lowest BCUT2D eigenvalue weighted by Crippen LogP contribution is -2.17. The van der Waals surface area contributed by atoms with Gasteiger partial charge >= 0.3 is 5.97 Å². The van der Waals surface area contributed by atoms with Gasteiger partial charge in [-0.15, -0.1) is 11.3 Å². The van der Waals surface area contributed by atoms with Crippen molar-refractivity contribution in [1.82, 2.24) is 9.38 Å². The molecule has 28 heavy (non-hydrogen) atoms. The zero-order valence-electron chi connectivity index (χ0n) is 16.1. The molecule has 3 heterocycles. The number of esters is 1. The molecular weight excluding hydrogens is 374 g/mol. The first-order valence-corrected chi connectivity index (χ1v) is 10.4. The van der Waals surface area contributed by atoms with Crippen LogP contribution in [0.3, 0.4) is 0 Å². The first-order valence-electron chi connectivity index (χ1n) is 9.61. The third-order valence-electron chi connectivity index (χ3n) is 4.91. The van der Waals surface area contributed by atoms with E-state index in [-0.39, 0.29) is 18.3 Å². The highest BCUT2D eigenvalue weighted by atomic mass is 32.1. The molecule has 146 valence electrons. The number of carbonyl (C=O) groups is 2. The van der Waals surface area contributed by atoms with Gasteiger partial charge in [0.05, 0.1) is 24.3 Å². The van der Waals surface area contributed by atoms with Crippen molar-refractivity contribution in [1.29, 1.82) is 0 Å². The maximum Gasteiger partial charge on any atom is 0.341 e. The number of anilines is 1. The Kier molecular flexibility index (Phi) is 5.17. The average molecular weight is 398 g/mol. The predicted octanol–water partition coefficient (Wildman–Crippen LogP) is 3.94. The lowest BCUT2D eigenvalue weighted by molar-refractivity contribution is -0.115. The van der Waals surface area contributed by atoms with Gasteiger partial charge in [0, 0.05) is 17.3 Å². The number of aryl methyl sites for hydroxylation is 2. The summed E-state index contributed by atoms with van der Waals surface area (Å²) in [5, 5.41) is 3.55. The third kappa shape index (κ3) is 3.67. The number of hydrogen-bond acceptors (Lipinski definition) is 5. The van der Waals surface area contributed by atoms with E-state index in [1.165, 1.54) is 16.2 Å². The van der Waals surface area contributed by atoms with Gasteiger partial charge in [-0.25, -0.2) is 9.78 Å². The highest BCUT2D eigenvalue weighted by Gasteiger charge is 2.27. The van der Waals surface area contributed by atoms with E-state index in [1.807, 2.05) is 35.9 Å². The maximum atomic E-state index is 12.7. The number of pyridine rings is 1. The molecule has 1 amide bonds. The number of aromatic nitrogens is 2. The second kappa shape index (κ2) is 7.75. The number of amides is 1. The number of rotatable bonds is 5. The molecule has 0 bridgehead atoms. The summed E-state index contributed by atoms with van der Waals surface area (Å²) >= 11 is 1.50. The Morgan fingerprint density at radius 1 is 1.32 bits per heavy atom. The topological polar surface area (TPSA) is 72.7 Å². The smallest absolute Gasteiger partial charge is 0.341 e. The van der Waals surface area contributed by atoms with Gasteiger partial charge in [0.1, 0.15) is 10.6 Å². The zero-order valence-corrected chi connectivity index (χ0v) is 16.9. The molecule has 0 radical (unpaired) electrons. The lowest BCUT2D eigenvalue weighted by Gasteiger charge is -2.12. The van der Waals surface area contributed by atoms with Crippen LogP contribution in [0.4, 0.5) is 5.00 Å². The minimum Gasteiger partial charge on any atom is -0.462 e. The molecule has 1 aliphatic carbocycles. The summed E-state index contributed by atoms with van der Waals surface area (Å²) in [7, 11) is 0. The Labute approximate surface area is 167 Å². The van der Waals surface area contributed by atoms with Gasteiger partial charge in [-0.2, -0.15) is 0 Å². The molecule has 0 atom stereocenters. The Bertz CT molecular complexity index is 1050. The van der Waals surface area contributed by atoms with Crippen molar-refractivity contribution >= 4 is 33.9 Å². The summed E-state index contributed by atoms with van der Waals surface area (Å²) in [5.74, 6) is -0.523. The summed E-state index contributed by atoms with van der Waals surface area (Å²) in [5.41, 5.74) is 4.23. The monoisotopic (exact) mass is 397 g/mol. The molecule has 1 N–H and O–H groups in total. The second-order valence-electron chi connectivity index (χ2n) is 7.06. The first-order chi connectivity index (χ1) is 13.5. The minimum absolute atomic E-state index is 0.158. The third-order valence-corrected chi connectivity index (χ3v) is 6.12. The fourth-order valence-corrected chi connectivity index (χ4v) is 4.92. The van der Waals surface area contributed by atoms with Gasteiger partial charge < -0.3 is 14.5 Å². The zero-order chi connectivity index (χ0) is 19.7. The first kappa shape index (κ1) is 18.7. The molecule has 0 aliphatic heterocycles. The van der Waals surface area contributed by atoms with Crippen molar-refractivity contribution in [3.8, 4) is 0 Å².